The quantitative estimate of drug-likeness (QED) is 0.862. The number of rotatable bonds is 4. The number of sulfone groups is 1. The largest absolute Gasteiger partial charge is 0.486 e. The lowest BCUT2D eigenvalue weighted by atomic mass is 9.93. The molecule has 1 N–H and O–H groups in total. The van der Waals surface area contributed by atoms with Crippen LogP contribution in [0.5, 0.6) is 11.5 Å². The maximum atomic E-state index is 12.1. The van der Waals surface area contributed by atoms with E-state index in [9.17, 15) is 18.0 Å². The Morgan fingerprint density at radius 1 is 1.40 bits per heavy atom. The van der Waals surface area contributed by atoms with Gasteiger partial charge < -0.3 is 14.8 Å². The van der Waals surface area contributed by atoms with Crippen molar-refractivity contribution in [2.24, 2.45) is 0 Å². The Balaban J connectivity index is 1.60. The Morgan fingerprint density at radius 2 is 2.16 bits per heavy atom. The summed E-state index contributed by atoms with van der Waals surface area (Å²) in [5.74, 6) is 0.271. The average Bonchev–Trinajstić information content (AvgIpc) is 2.82. The van der Waals surface area contributed by atoms with Crippen LogP contribution in [-0.4, -0.2) is 44.1 Å². The molecule has 1 amide bonds. The summed E-state index contributed by atoms with van der Waals surface area (Å²) in [6.45, 7) is 3.40. The van der Waals surface area contributed by atoms with E-state index in [1.54, 1.807) is 18.2 Å². The summed E-state index contributed by atoms with van der Waals surface area (Å²) >= 11 is 0. The Morgan fingerprint density at radius 3 is 2.84 bits per heavy atom. The van der Waals surface area contributed by atoms with Gasteiger partial charge in [-0.25, -0.2) is 8.42 Å². The molecule has 2 heterocycles. The van der Waals surface area contributed by atoms with Crippen molar-refractivity contribution in [3.8, 4) is 11.5 Å². The first-order chi connectivity index (χ1) is 11.6. The van der Waals surface area contributed by atoms with Gasteiger partial charge in [-0.2, -0.15) is 0 Å². The van der Waals surface area contributed by atoms with Crippen molar-refractivity contribution in [3.63, 3.8) is 0 Å². The molecular weight excluding hydrogens is 346 g/mol. The molecule has 3 rings (SSSR count). The minimum absolute atomic E-state index is 0.00442. The van der Waals surface area contributed by atoms with E-state index in [1.807, 2.05) is 13.8 Å². The first-order valence-electron chi connectivity index (χ1n) is 7.83. The molecule has 0 unspecified atom stereocenters. The second-order valence-corrected chi connectivity index (χ2v) is 8.67. The maximum Gasteiger partial charge on any atom is 0.258 e. The number of ether oxygens (including phenoxy) is 2. The van der Waals surface area contributed by atoms with Crippen molar-refractivity contribution >= 4 is 21.5 Å². The molecule has 0 saturated heterocycles. The number of fused-ring (bicyclic) bond motifs is 1. The zero-order chi connectivity index (χ0) is 18.2. The van der Waals surface area contributed by atoms with Crippen molar-refractivity contribution in [2.45, 2.75) is 31.9 Å². The van der Waals surface area contributed by atoms with Gasteiger partial charge in [0.05, 0.1) is 23.8 Å². The smallest absolute Gasteiger partial charge is 0.258 e. The fourth-order valence-electron chi connectivity index (χ4n) is 2.79. The number of hydrogen-bond donors (Lipinski definition) is 1. The Bertz CT molecular complexity index is 856. The number of hydrogen-bond acceptors (Lipinski definition) is 6. The van der Waals surface area contributed by atoms with E-state index >= 15 is 0 Å². The molecule has 1 aromatic rings. The van der Waals surface area contributed by atoms with E-state index in [-0.39, 0.29) is 18.1 Å². The second-order valence-electron chi connectivity index (χ2n) is 6.74. The highest BCUT2D eigenvalue weighted by Crippen LogP contribution is 2.35. The highest BCUT2D eigenvalue weighted by molar-refractivity contribution is 7.94. The molecule has 0 radical (unpaired) electrons. The number of carbonyl (C=O) groups is 2. The predicted molar refractivity (Wildman–Crippen MR) is 90.4 cm³/mol. The van der Waals surface area contributed by atoms with Crippen molar-refractivity contribution in [3.05, 3.63) is 35.2 Å². The number of Topliss-reactive ketones (excluding diaryl/α,β-unsaturated/α-hetero) is 1. The molecule has 8 heteroatoms. The van der Waals surface area contributed by atoms with E-state index < -0.39 is 27.4 Å². The lowest BCUT2D eigenvalue weighted by molar-refractivity contribution is -0.123. The van der Waals surface area contributed by atoms with Gasteiger partial charge in [0.1, 0.15) is 17.1 Å². The van der Waals surface area contributed by atoms with Gasteiger partial charge in [0.2, 0.25) is 0 Å². The van der Waals surface area contributed by atoms with Crippen molar-refractivity contribution in [1.82, 2.24) is 5.32 Å². The lowest BCUT2D eigenvalue weighted by Crippen LogP contribution is -2.38. The van der Waals surface area contributed by atoms with Crippen LogP contribution in [0.2, 0.25) is 0 Å². The fourth-order valence-corrected chi connectivity index (χ4v) is 4.02. The summed E-state index contributed by atoms with van der Waals surface area (Å²) in [4.78, 5) is 24.0. The van der Waals surface area contributed by atoms with Gasteiger partial charge in [-0.05, 0) is 32.1 Å². The van der Waals surface area contributed by atoms with Crippen molar-refractivity contribution in [1.29, 1.82) is 0 Å². The standard InChI is InChI=1S/C17H19NO6S/c1-17(2)8-14(19)13-4-3-12(7-15(13)24-17)23-9-16(20)18-11-5-6-25(21,22)10-11/h3-7,11H,8-10H2,1-2H3,(H,18,20)/t11-/m0/s1. The van der Waals surface area contributed by atoms with E-state index in [1.165, 1.54) is 6.08 Å². The molecule has 7 nitrogen and oxygen atoms in total. The van der Waals surface area contributed by atoms with Crippen LogP contribution in [0.1, 0.15) is 30.6 Å². The van der Waals surface area contributed by atoms with Gasteiger partial charge in [0.15, 0.2) is 22.2 Å². The lowest BCUT2D eigenvalue weighted by Gasteiger charge is -2.31. The van der Waals surface area contributed by atoms with Crippen molar-refractivity contribution < 1.29 is 27.5 Å². The van der Waals surface area contributed by atoms with Crippen molar-refractivity contribution in [2.75, 3.05) is 12.4 Å². The molecule has 0 aliphatic carbocycles. The molecule has 1 atom stereocenters. The zero-order valence-electron chi connectivity index (χ0n) is 13.9. The van der Waals surface area contributed by atoms with Crippen LogP contribution in [0.25, 0.3) is 0 Å². The Labute approximate surface area is 145 Å². The number of carbonyl (C=O) groups excluding carboxylic acids is 2. The SMILES string of the molecule is CC1(C)CC(=O)c2ccc(OCC(=O)N[C@H]3C=CS(=O)(=O)C3)cc2O1. The molecule has 0 saturated carbocycles. The third kappa shape index (κ3) is 4.19. The van der Waals surface area contributed by atoms with Crippen LogP contribution in [0.4, 0.5) is 0 Å². The molecular formula is C17H19NO6S. The number of ketones is 1. The molecule has 1 aromatic carbocycles. The van der Waals surface area contributed by atoms with E-state index in [0.717, 1.165) is 5.41 Å². The van der Waals surface area contributed by atoms with Crippen LogP contribution >= 0.6 is 0 Å². The normalized spacial score (nSPS) is 22.8. The van der Waals surface area contributed by atoms with E-state index in [4.69, 9.17) is 9.47 Å². The van der Waals surface area contributed by atoms with Crippen LogP contribution in [0.15, 0.2) is 29.7 Å². The van der Waals surface area contributed by atoms with Gasteiger partial charge in [0, 0.05) is 11.5 Å². The molecule has 0 spiro atoms. The van der Waals surface area contributed by atoms with E-state index in [2.05, 4.69) is 5.32 Å². The molecule has 0 fully saturated rings. The summed E-state index contributed by atoms with van der Waals surface area (Å²) in [7, 11) is -3.22. The van der Waals surface area contributed by atoms with Crippen LogP contribution in [0.3, 0.4) is 0 Å². The summed E-state index contributed by atoms with van der Waals surface area (Å²) in [5.41, 5.74) is -0.0853. The molecule has 0 aromatic heterocycles. The summed E-state index contributed by atoms with van der Waals surface area (Å²) in [6, 6.07) is 4.27. The molecule has 0 bridgehead atoms. The molecule has 25 heavy (non-hydrogen) atoms. The number of nitrogens with one attached hydrogen (secondary N) is 1. The predicted octanol–water partition coefficient (Wildman–Crippen LogP) is 1.24. The maximum absolute atomic E-state index is 12.1. The highest BCUT2D eigenvalue weighted by Gasteiger charge is 2.32. The zero-order valence-corrected chi connectivity index (χ0v) is 14.8. The summed E-state index contributed by atoms with van der Waals surface area (Å²) < 4.78 is 33.8. The minimum atomic E-state index is -3.22. The van der Waals surface area contributed by atoms with Gasteiger partial charge in [-0.3, -0.25) is 9.59 Å². The van der Waals surface area contributed by atoms with Gasteiger partial charge in [0.25, 0.3) is 5.91 Å². The molecule has 134 valence electrons. The fraction of sp³-hybridized carbons (Fsp3) is 0.412. The molecule has 2 aliphatic heterocycles. The van der Waals surface area contributed by atoms with E-state index in [0.29, 0.717) is 23.5 Å². The molecule has 2 aliphatic rings. The number of benzene rings is 1. The van der Waals surface area contributed by atoms with Gasteiger partial charge >= 0.3 is 0 Å². The van der Waals surface area contributed by atoms with Crippen LogP contribution in [0, 0.1) is 0 Å². The third-order valence-electron chi connectivity index (χ3n) is 3.87. The van der Waals surface area contributed by atoms with Crippen LogP contribution in [-0.2, 0) is 14.6 Å². The Hall–Kier alpha value is -2.35. The van der Waals surface area contributed by atoms with Gasteiger partial charge in [-0.15, -0.1) is 0 Å². The summed E-state index contributed by atoms with van der Waals surface area (Å²) in [6.07, 6.45) is 1.74. The topological polar surface area (TPSA) is 98.8 Å². The third-order valence-corrected chi connectivity index (χ3v) is 5.27. The average molecular weight is 365 g/mol. The van der Waals surface area contributed by atoms with Crippen LogP contribution < -0.4 is 14.8 Å². The first kappa shape index (κ1) is 17.5. The Kier molecular flexibility index (Phi) is 4.32. The number of amides is 1. The first-order valence-corrected chi connectivity index (χ1v) is 9.54. The summed E-state index contributed by atoms with van der Waals surface area (Å²) in [5, 5.41) is 3.67. The monoisotopic (exact) mass is 365 g/mol. The van der Waals surface area contributed by atoms with Gasteiger partial charge in [-0.1, -0.05) is 0 Å². The minimum Gasteiger partial charge on any atom is -0.486 e. The second kappa shape index (κ2) is 6.18. The highest BCUT2D eigenvalue weighted by atomic mass is 32.2.